The van der Waals surface area contributed by atoms with Crippen LogP contribution in [0.25, 0.3) is 39.4 Å². The Labute approximate surface area is 243 Å². The summed E-state index contributed by atoms with van der Waals surface area (Å²) >= 11 is 0. The maximum Gasteiger partial charge on any atom is 0.234 e. The summed E-state index contributed by atoms with van der Waals surface area (Å²) in [5, 5.41) is 2.24. The number of benzene rings is 5. The molecular weight excluding hydrogens is 537 g/mol. The fourth-order valence-corrected chi connectivity index (χ4v) is 8.66. The molecule has 0 amide bonds. The van der Waals surface area contributed by atoms with Gasteiger partial charge in [0.25, 0.3) is 0 Å². The van der Waals surface area contributed by atoms with Crippen LogP contribution < -0.4 is 20.7 Å². The zero-order valence-corrected chi connectivity index (χ0v) is 23.4. The van der Waals surface area contributed by atoms with E-state index in [1.54, 1.807) is 6.20 Å². The van der Waals surface area contributed by atoms with Gasteiger partial charge in [0.2, 0.25) is 5.78 Å². The fraction of sp³-hybridized carbons (Fsp3) is 0. The maximum atomic E-state index is 15.1. The Balaban J connectivity index is 1.24. The second-order valence-electron chi connectivity index (χ2n) is 10.2. The van der Waals surface area contributed by atoms with E-state index in [0.717, 1.165) is 44.3 Å². The molecule has 1 aliphatic rings. The number of hydrogen-bond donors (Lipinski definition) is 0. The van der Waals surface area contributed by atoms with Crippen molar-refractivity contribution in [2.75, 3.05) is 0 Å². The average molecular weight is 562 g/mol. The quantitative estimate of drug-likeness (QED) is 0.209. The van der Waals surface area contributed by atoms with E-state index < -0.39 is 7.14 Å². The van der Waals surface area contributed by atoms with E-state index >= 15 is 4.57 Å². The van der Waals surface area contributed by atoms with Gasteiger partial charge in [0.05, 0.1) is 22.0 Å². The molecular formula is C36H24N3O2P. The van der Waals surface area contributed by atoms with Crippen molar-refractivity contribution in [1.29, 1.82) is 0 Å². The number of hydrogen-bond acceptors (Lipinski definition) is 4. The smallest absolute Gasteiger partial charge is 0.234 e. The summed E-state index contributed by atoms with van der Waals surface area (Å²) in [6.45, 7) is 0. The molecule has 0 saturated carbocycles. The van der Waals surface area contributed by atoms with E-state index in [2.05, 4.69) is 41.4 Å². The maximum absolute atomic E-state index is 15.1. The summed E-state index contributed by atoms with van der Waals surface area (Å²) < 4.78 is 23.4. The van der Waals surface area contributed by atoms with Crippen molar-refractivity contribution in [2.24, 2.45) is 0 Å². The first-order chi connectivity index (χ1) is 20.7. The number of aromatic nitrogens is 3. The minimum absolute atomic E-state index is 0.631. The van der Waals surface area contributed by atoms with Gasteiger partial charge in [0.15, 0.2) is 7.14 Å². The van der Waals surface area contributed by atoms with Crippen molar-refractivity contribution >= 4 is 28.8 Å². The Bertz CT molecular complexity index is 2140. The van der Waals surface area contributed by atoms with Crippen LogP contribution in [-0.4, -0.2) is 14.4 Å². The molecule has 0 N–H and O–H groups in total. The highest BCUT2D eigenvalue weighted by Gasteiger charge is 2.39. The zero-order valence-electron chi connectivity index (χ0n) is 22.5. The molecule has 5 nitrogen and oxygen atoms in total. The third kappa shape index (κ3) is 3.82. The van der Waals surface area contributed by atoms with Crippen molar-refractivity contribution in [2.45, 2.75) is 0 Å². The molecule has 42 heavy (non-hydrogen) atoms. The average Bonchev–Trinajstić information content (AvgIpc) is 3.45. The number of para-hydroxylation sites is 1. The molecule has 6 heteroatoms. The summed E-state index contributed by atoms with van der Waals surface area (Å²) in [5.41, 5.74) is 5.93. The van der Waals surface area contributed by atoms with Crippen LogP contribution in [0.4, 0.5) is 0 Å². The van der Waals surface area contributed by atoms with E-state index in [9.17, 15) is 0 Å². The van der Waals surface area contributed by atoms with Crippen molar-refractivity contribution in [3.05, 3.63) is 146 Å². The lowest BCUT2D eigenvalue weighted by molar-refractivity contribution is 0.485. The van der Waals surface area contributed by atoms with Crippen molar-refractivity contribution in [1.82, 2.24) is 14.4 Å². The van der Waals surface area contributed by atoms with Gasteiger partial charge in [-0.3, -0.25) is 4.40 Å². The molecule has 0 saturated heterocycles. The van der Waals surface area contributed by atoms with Gasteiger partial charge in [-0.15, -0.1) is 0 Å². The van der Waals surface area contributed by atoms with Crippen molar-refractivity contribution < 1.29 is 9.30 Å². The highest BCUT2D eigenvalue weighted by Crippen LogP contribution is 2.52. The molecule has 1 aliphatic heterocycles. The summed E-state index contributed by atoms with van der Waals surface area (Å²) in [6, 6.07) is 43.9. The SMILES string of the molecule is O=P1(c2ccccc2)c2ccccc2Oc2ccc(-c3ccc(-c4c(-c5ccccc5)nc5ncccn45)cc3)cc21. The van der Waals surface area contributed by atoms with Gasteiger partial charge in [-0.05, 0) is 41.5 Å². The normalized spacial score (nSPS) is 15.5. The monoisotopic (exact) mass is 561 g/mol. The Morgan fingerprint density at radius 1 is 0.595 bits per heavy atom. The van der Waals surface area contributed by atoms with Crippen LogP contribution in [-0.2, 0) is 4.57 Å². The Hall–Kier alpha value is -5.25. The third-order valence-electron chi connectivity index (χ3n) is 7.78. The third-order valence-corrected chi connectivity index (χ3v) is 10.9. The molecule has 3 heterocycles. The van der Waals surface area contributed by atoms with E-state index in [1.807, 2.05) is 108 Å². The molecule has 0 spiro atoms. The topological polar surface area (TPSA) is 56.5 Å². The molecule has 7 aromatic rings. The Kier molecular flexibility index (Phi) is 5.66. The van der Waals surface area contributed by atoms with Gasteiger partial charge >= 0.3 is 0 Å². The zero-order chi connectivity index (χ0) is 28.1. The minimum atomic E-state index is -3.15. The largest absolute Gasteiger partial charge is 0.456 e. The second-order valence-corrected chi connectivity index (χ2v) is 12.9. The summed E-state index contributed by atoms with van der Waals surface area (Å²) in [4.78, 5) is 9.35. The van der Waals surface area contributed by atoms with Crippen LogP contribution in [0, 0.1) is 0 Å². The van der Waals surface area contributed by atoms with Gasteiger partial charge in [-0.1, -0.05) is 103 Å². The Morgan fingerprint density at radius 3 is 2.07 bits per heavy atom. The number of ether oxygens (including phenoxy) is 1. The lowest BCUT2D eigenvalue weighted by Gasteiger charge is -2.29. The number of imidazole rings is 1. The Morgan fingerprint density at radius 2 is 1.26 bits per heavy atom. The second kappa shape index (κ2) is 9.69. The number of nitrogens with zero attached hydrogens (tertiary/aromatic N) is 3. The highest BCUT2D eigenvalue weighted by atomic mass is 31.2. The molecule has 0 fully saturated rings. The predicted octanol–water partition coefficient (Wildman–Crippen LogP) is 7.48. The molecule has 8 rings (SSSR count). The first-order valence-corrected chi connectivity index (χ1v) is 15.5. The first-order valence-electron chi connectivity index (χ1n) is 13.8. The van der Waals surface area contributed by atoms with E-state index in [-0.39, 0.29) is 0 Å². The molecule has 0 aliphatic carbocycles. The van der Waals surface area contributed by atoms with E-state index in [1.165, 1.54) is 0 Å². The summed E-state index contributed by atoms with van der Waals surface area (Å²) in [7, 11) is -3.15. The molecule has 0 radical (unpaired) electrons. The predicted molar refractivity (Wildman–Crippen MR) is 169 cm³/mol. The first kappa shape index (κ1) is 24.5. The van der Waals surface area contributed by atoms with Crippen molar-refractivity contribution in [3.63, 3.8) is 0 Å². The molecule has 2 aromatic heterocycles. The summed E-state index contributed by atoms with van der Waals surface area (Å²) in [5.74, 6) is 1.93. The molecule has 0 bridgehead atoms. The molecule has 200 valence electrons. The van der Waals surface area contributed by atoms with Gasteiger partial charge in [-0.2, -0.15) is 0 Å². The van der Waals surface area contributed by atoms with Gasteiger partial charge < -0.3 is 9.30 Å². The standard InChI is InChI=1S/C36H24N3O2P/c40-42(29-12-5-2-6-13-29)32-15-8-7-14-30(32)41-31-21-20-28(24-33(31)42)25-16-18-27(19-17-25)35-34(26-10-3-1-4-11-26)38-36-37-22-9-23-39(35)36/h1-24H. The lowest BCUT2D eigenvalue weighted by Crippen LogP contribution is -2.30. The number of rotatable bonds is 4. The van der Waals surface area contributed by atoms with Crippen LogP contribution >= 0.6 is 7.14 Å². The van der Waals surface area contributed by atoms with Crippen LogP contribution in [0.5, 0.6) is 11.5 Å². The molecule has 5 aromatic carbocycles. The van der Waals surface area contributed by atoms with Gasteiger partial charge in [0, 0.05) is 28.8 Å². The van der Waals surface area contributed by atoms with E-state index in [0.29, 0.717) is 22.6 Å². The molecule has 1 unspecified atom stereocenters. The van der Waals surface area contributed by atoms with Crippen LogP contribution in [0.3, 0.4) is 0 Å². The molecule has 1 atom stereocenters. The van der Waals surface area contributed by atoms with Gasteiger partial charge in [-0.25, -0.2) is 9.97 Å². The van der Waals surface area contributed by atoms with E-state index in [4.69, 9.17) is 9.72 Å². The van der Waals surface area contributed by atoms with Gasteiger partial charge in [0.1, 0.15) is 11.5 Å². The summed E-state index contributed by atoms with van der Waals surface area (Å²) in [6.07, 6.45) is 3.75. The van der Waals surface area contributed by atoms with Crippen LogP contribution in [0.15, 0.2) is 146 Å². The van der Waals surface area contributed by atoms with Crippen LogP contribution in [0.1, 0.15) is 0 Å². The lowest BCUT2D eigenvalue weighted by atomic mass is 10.0. The van der Waals surface area contributed by atoms with Crippen molar-refractivity contribution in [3.8, 4) is 45.1 Å². The minimum Gasteiger partial charge on any atom is -0.456 e. The fourth-order valence-electron chi connectivity index (χ4n) is 5.78. The highest BCUT2D eigenvalue weighted by molar-refractivity contribution is 7.85. The number of fused-ring (bicyclic) bond motifs is 3. The van der Waals surface area contributed by atoms with Crippen LogP contribution in [0.2, 0.25) is 0 Å².